The molecule has 2 aromatic rings. The SMILES string of the molecule is CCCC(=O)N1CCCC1C(=O)Nc1cc(-c2nc(N)no2)ccn1. The van der Waals surface area contributed by atoms with Crippen molar-refractivity contribution in [3.63, 3.8) is 0 Å². The molecule has 1 aliphatic heterocycles. The van der Waals surface area contributed by atoms with Gasteiger partial charge in [-0.15, -0.1) is 0 Å². The molecule has 2 amide bonds. The van der Waals surface area contributed by atoms with Gasteiger partial charge in [0.2, 0.25) is 11.8 Å². The van der Waals surface area contributed by atoms with Crippen LogP contribution in [0.3, 0.4) is 0 Å². The van der Waals surface area contributed by atoms with E-state index in [1.807, 2.05) is 6.92 Å². The van der Waals surface area contributed by atoms with Crippen molar-refractivity contribution in [2.75, 3.05) is 17.6 Å². The number of anilines is 2. The summed E-state index contributed by atoms with van der Waals surface area (Å²) in [7, 11) is 0. The molecule has 0 radical (unpaired) electrons. The molecule has 0 spiro atoms. The van der Waals surface area contributed by atoms with Crippen molar-refractivity contribution in [1.29, 1.82) is 0 Å². The van der Waals surface area contributed by atoms with Gasteiger partial charge in [0.05, 0.1) is 0 Å². The first-order chi connectivity index (χ1) is 12.1. The number of hydrogen-bond donors (Lipinski definition) is 2. The first-order valence-electron chi connectivity index (χ1n) is 8.24. The third kappa shape index (κ3) is 3.76. The summed E-state index contributed by atoms with van der Waals surface area (Å²) in [5.74, 6) is 0.415. The smallest absolute Gasteiger partial charge is 0.261 e. The maximum absolute atomic E-state index is 12.6. The van der Waals surface area contributed by atoms with Gasteiger partial charge in [-0.1, -0.05) is 6.92 Å². The highest BCUT2D eigenvalue weighted by molar-refractivity contribution is 5.97. The number of carbonyl (C=O) groups excluding carboxylic acids is 2. The Labute approximate surface area is 144 Å². The summed E-state index contributed by atoms with van der Waals surface area (Å²) in [6.07, 6.45) is 4.22. The minimum atomic E-state index is -0.455. The van der Waals surface area contributed by atoms with Crippen molar-refractivity contribution in [2.24, 2.45) is 0 Å². The molecule has 1 saturated heterocycles. The molecular weight excluding hydrogens is 324 g/mol. The quantitative estimate of drug-likeness (QED) is 0.840. The molecule has 0 bridgehead atoms. The van der Waals surface area contributed by atoms with Crippen molar-refractivity contribution in [3.05, 3.63) is 18.3 Å². The summed E-state index contributed by atoms with van der Waals surface area (Å²) >= 11 is 0. The van der Waals surface area contributed by atoms with Crippen LogP contribution in [-0.4, -0.2) is 44.4 Å². The molecule has 132 valence electrons. The van der Waals surface area contributed by atoms with Gasteiger partial charge < -0.3 is 20.5 Å². The van der Waals surface area contributed by atoms with E-state index in [0.717, 1.165) is 12.8 Å². The molecular formula is C16H20N6O3. The van der Waals surface area contributed by atoms with Gasteiger partial charge >= 0.3 is 0 Å². The summed E-state index contributed by atoms with van der Waals surface area (Å²) in [5, 5.41) is 6.30. The lowest BCUT2D eigenvalue weighted by atomic mass is 10.2. The molecule has 0 aromatic carbocycles. The molecule has 3 rings (SSSR count). The van der Waals surface area contributed by atoms with Crippen LogP contribution in [0.25, 0.3) is 11.5 Å². The lowest BCUT2D eigenvalue weighted by Gasteiger charge is -2.23. The van der Waals surface area contributed by atoms with Crippen molar-refractivity contribution >= 4 is 23.6 Å². The molecule has 0 aliphatic carbocycles. The van der Waals surface area contributed by atoms with E-state index >= 15 is 0 Å². The number of nitrogens with two attached hydrogens (primary N) is 1. The summed E-state index contributed by atoms with van der Waals surface area (Å²) in [6, 6.07) is 2.84. The van der Waals surface area contributed by atoms with Gasteiger partial charge in [0, 0.05) is 24.7 Å². The maximum Gasteiger partial charge on any atom is 0.261 e. The van der Waals surface area contributed by atoms with Crippen LogP contribution in [0, 0.1) is 0 Å². The number of rotatable bonds is 5. The highest BCUT2D eigenvalue weighted by Gasteiger charge is 2.33. The van der Waals surface area contributed by atoms with Crippen LogP contribution in [0.1, 0.15) is 32.6 Å². The molecule has 1 fully saturated rings. The molecule has 3 heterocycles. The Morgan fingerprint density at radius 3 is 3.04 bits per heavy atom. The maximum atomic E-state index is 12.6. The van der Waals surface area contributed by atoms with E-state index in [2.05, 4.69) is 20.4 Å². The van der Waals surface area contributed by atoms with Crippen LogP contribution >= 0.6 is 0 Å². The van der Waals surface area contributed by atoms with Crippen molar-refractivity contribution in [3.8, 4) is 11.5 Å². The van der Waals surface area contributed by atoms with Crippen molar-refractivity contribution < 1.29 is 14.1 Å². The van der Waals surface area contributed by atoms with Crippen molar-refractivity contribution in [2.45, 2.75) is 38.6 Å². The average Bonchev–Trinajstić information content (AvgIpc) is 3.24. The Morgan fingerprint density at radius 2 is 2.32 bits per heavy atom. The molecule has 9 nitrogen and oxygen atoms in total. The minimum absolute atomic E-state index is 0.0168. The van der Waals surface area contributed by atoms with E-state index in [1.54, 1.807) is 17.0 Å². The first-order valence-corrected chi connectivity index (χ1v) is 8.24. The third-order valence-corrected chi connectivity index (χ3v) is 4.04. The van der Waals surface area contributed by atoms with E-state index in [4.69, 9.17) is 10.3 Å². The number of aromatic nitrogens is 3. The van der Waals surface area contributed by atoms with Gasteiger partial charge in [0.15, 0.2) is 0 Å². The van der Waals surface area contributed by atoms with Gasteiger partial charge in [0.25, 0.3) is 11.8 Å². The monoisotopic (exact) mass is 344 g/mol. The van der Waals surface area contributed by atoms with Crippen LogP contribution in [0.15, 0.2) is 22.9 Å². The Hall–Kier alpha value is -2.97. The number of pyridine rings is 1. The van der Waals surface area contributed by atoms with Gasteiger partial charge in [-0.25, -0.2) is 4.98 Å². The fraction of sp³-hybridized carbons (Fsp3) is 0.438. The first kappa shape index (κ1) is 16.9. The zero-order chi connectivity index (χ0) is 17.8. The van der Waals surface area contributed by atoms with Crippen LogP contribution in [0.4, 0.5) is 11.8 Å². The second kappa shape index (κ2) is 7.29. The van der Waals surface area contributed by atoms with Crippen LogP contribution < -0.4 is 11.1 Å². The molecule has 0 saturated carbocycles. The molecule has 3 N–H and O–H groups in total. The Bertz CT molecular complexity index is 775. The number of nitrogen functional groups attached to an aromatic ring is 1. The molecule has 1 unspecified atom stereocenters. The topological polar surface area (TPSA) is 127 Å². The van der Waals surface area contributed by atoms with E-state index in [1.165, 1.54) is 6.20 Å². The zero-order valence-corrected chi connectivity index (χ0v) is 13.9. The number of nitrogens with zero attached hydrogens (tertiary/aromatic N) is 4. The van der Waals surface area contributed by atoms with Crippen LogP contribution in [-0.2, 0) is 9.59 Å². The van der Waals surface area contributed by atoms with E-state index in [-0.39, 0.29) is 23.7 Å². The third-order valence-electron chi connectivity index (χ3n) is 4.04. The Morgan fingerprint density at radius 1 is 1.48 bits per heavy atom. The normalized spacial score (nSPS) is 16.8. The number of hydrogen-bond acceptors (Lipinski definition) is 7. The largest absolute Gasteiger partial charge is 0.365 e. The second-order valence-corrected chi connectivity index (χ2v) is 5.87. The second-order valence-electron chi connectivity index (χ2n) is 5.87. The summed E-state index contributed by atoms with van der Waals surface area (Å²) in [4.78, 5) is 34.4. The highest BCUT2D eigenvalue weighted by Crippen LogP contribution is 2.22. The van der Waals surface area contributed by atoms with Gasteiger partial charge in [-0.05, 0) is 36.6 Å². The van der Waals surface area contributed by atoms with Gasteiger partial charge in [0.1, 0.15) is 11.9 Å². The molecule has 2 aromatic heterocycles. The predicted octanol–water partition coefficient (Wildman–Crippen LogP) is 1.44. The lowest BCUT2D eigenvalue weighted by molar-refractivity contribution is -0.136. The summed E-state index contributed by atoms with van der Waals surface area (Å²) in [6.45, 7) is 2.56. The standard InChI is InChI=1S/C16H20N6O3/c1-2-4-13(23)22-8-3-5-11(22)14(24)19-12-9-10(6-7-18-12)15-20-16(17)21-25-15/h6-7,9,11H,2-5,8H2,1H3,(H2,17,21)(H,18,19,24). The highest BCUT2D eigenvalue weighted by atomic mass is 16.5. The fourth-order valence-electron chi connectivity index (χ4n) is 2.89. The zero-order valence-electron chi connectivity index (χ0n) is 13.9. The Kier molecular flexibility index (Phi) is 4.92. The molecule has 25 heavy (non-hydrogen) atoms. The number of carbonyl (C=O) groups is 2. The Balaban J connectivity index is 1.71. The number of nitrogens with one attached hydrogen (secondary N) is 1. The van der Waals surface area contributed by atoms with Crippen LogP contribution in [0.5, 0.6) is 0 Å². The van der Waals surface area contributed by atoms with Gasteiger partial charge in [-0.2, -0.15) is 4.98 Å². The van der Waals surface area contributed by atoms with Crippen LogP contribution in [0.2, 0.25) is 0 Å². The summed E-state index contributed by atoms with van der Waals surface area (Å²) in [5.41, 5.74) is 6.04. The summed E-state index contributed by atoms with van der Waals surface area (Å²) < 4.78 is 5.01. The fourth-order valence-corrected chi connectivity index (χ4v) is 2.89. The molecule has 1 aliphatic rings. The van der Waals surface area contributed by atoms with Gasteiger partial charge in [-0.3, -0.25) is 9.59 Å². The average molecular weight is 344 g/mol. The van der Waals surface area contributed by atoms with Crippen molar-refractivity contribution in [1.82, 2.24) is 20.0 Å². The number of amides is 2. The van der Waals surface area contributed by atoms with E-state index < -0.39 is 6.04 Å². The minimum Gasteiger partial charge on any atom is -0.365 e. The predicted molar refractivity (Wildman–Crippen MR) is 90.2 cm³/mol. The molecule has 1 atom stereocenters. The number of likely N-dealkylation sites (tertiary alicyclic amines) is 1. The van der Waals surface area contributed by atoms with E-state index in [9.17, 15) is 9.59 Å². The van der Waals surface area contributed by atoms with E-state index in [0.29, 0.717) is 30.8 Å². The molecule has 9 heteroatoms. The lowest BCUT2D eigenvalue weighted by Crippen LogP contribution is -2.43.